The molecule has 0 saturated heterocycles. The summed E-state index contributed by atoms with van der Waals surface area (Å²) in [5, 5.41) is 3.20. The zero-order valence-electron chi connectivity index (χ0n) is 15.3. The Kier molecular flexibility index (Phi) is 6.91. The van der Waals surface area contributed by atoms with Crippen LogP contribution in [0, 0.1) is 5.92 Å². The molecule has 0 bridgehead atoms. The molecule has 1 fully saturated rings. The lowest BCUT2D eigenvalue weighted by Gasteiger charge is -2.30. The zero-order chi connectivity index (χ0) is 17.5. The number of hydrogen-bond donors (Lipinski definition) is 1. The third kappa shape index (κ3) is 5.13. The van der Waals surface area contributed by atoms with E-state index in [1.165, 1.54) is 19.3 Å². The zero-order valence-corrected chi connectivity index (χ0v) is 15.3. The maximum absolute atomic E-state index is 12.3. The van der Waals surface area contributed by atoms with Crippen molar-refractivity contribution in [3.8, 4) is 11.5 Å². The van der Waals surface area contributed by atoms with Crippen LogP contribution in [-0.4, -0.2) is 44.7 Å². The largest absolute Gasteiger partial charge is 0.493 e. The summed E-state index contributed by atoms with van der Waals surface area (Å²) in [5.74, 6) is 2.12. The molecule has 0 aromatic heterocycles. The third-order valence-corrected chi connectivity index (χ3v) is 4.77. The van der Waals surface area contributed by atoms with E-state index < -0.39 is 0 Å². The Morgan fingerprint density at radius 3 is 2.58 bits per heavy atom. The van der Waals surface area contributed by atoms with Gasteiger partial charge in [0.05, 0.1) is 20.8 Å². The highest BCUT2D eigenvalue weighted by Crippen LogP contribution is 2.28. The molecule has 1 amide bonds. The Labute approximate surface area is 145 Å². The second kappa shape index (κ2) is 8.92. The number of benzene rings is 1. The van der Waals surface area contributed by atoms with Gasteiger partial charge < -0.3 is 14.8 Å². The second-order valence-electron chi connectivity index (χ2n) is 6.80. The first kappa shape index (κ1) is 18.6. The van der Waals surface area contributed by atoms with E-state index in [4.69, 9.17) is 9.47 Å². The first-order chi connectivity index (χ1) is 11.5. The van der Waals surface area contributed by atoms with Gasteiger partial charge in [0.2, 0.25) is 5.91 Å². The van der Waals surface area contributed by atoms with Crippen LogP contribution in [0.2, 0.25) is 0 Å². The van der Waals surface area contributed by atoms with E-state index in [9.17, 15) is 4.79 Å². The Morgan fingerprint density at radius 2 is 1.92 bits per heavy atom. The number of rotatable bonds is 7. The van der Waals surface area contributed by atoms with E-state index in [0.29, 0.717) is 36.5 Å². The van der Waals surface area contributed by atoms with E-state index in [2.05, 4.69) is 12.2 Å². The molecule has 0 aliphatic heterocycles. The van der Waals surface area contributed by atoms with Crippen LogP contribution in [0.1, 0.15) is 38.2 Å². The normalized spacial score (nSPS) is 20.7. The summed E-state index contributed by atoms with van der Waals surface area (Å²) in [6.45, 7) is 3.32. The minimum absolute atomic E-state index is 0.108. The topological polar surface area (TPSA) is 50.8 Å². The van der Waals surface area contributed by atoms with Gasteiger partial charge in [-0.05, 0) is 43.5 Å². The SMILES string of the molecule is COc1ccc(CN(C)CC(=O)N[C@@H]2CCCC[C@H]2C)cc1OC. The predicted molar refractivity (Wildman–Crippen MR) is 95.4 cm³/mol. The number of nitrogens with one attached hydrogen (secondary N) is 1. The van der Waals surface area contributed by atoms with Crippen molar-refractivity contribution in [2.75, 3.05) is 27.8 Å². The first-order valence-electron chi connectivity index (χ1n) is 8.72. The highest BCUT2D eigenvalue weighted by molar-refractivity contribution is 5.78. The number of nitrogens with zero attached hydrogens (tertiary/aromatic N) is 1. The number of hydrogen-bond acceptors (Lipinski definition) is 4. The number of carbonyl (C=O) groups excluding carboxylic acids is 1. The maximum Gasteiger partial charge on any atom is 0.234 e. The van der Waals surface area contributed by atoms with Gasteiger partial charge >= 0.3 is 0 Å². The lowest BCUT2D eigenvalue weighted by atomic mass is 9.86. The van der Waals surface area contributed by atoms with Crippen molar-refractivity contribution in [2.24, 2.45) is 5.92 Å². The Bertz CT molecular complexity index is 547. The standard InChI is InChI=1S/C19H30N2O3/c1-14-7-5-6-8-16(14)20-19(22)13-21(2)12-15-9-10-17(23-3)18(11-15)24-4/h9-11,14,16H,5-8,12-13H2,1-4H3,(H,20,22)/t14-,16-/m1/s1. The van der Waals surface area contributed by atoms with Gasteiger partial charge in [-0.25, -0.2) is 0 Å². The van der Waals surface area contributed by atoms with Crippen LogP contribution in [0.25, 0.3) is 0 Å². The summed E-state index contributed by atoms with van der Waals surface area (Å²) < 4.78 is 10.6. The van der Waals surface area contributed by atoms with Crippen molar-refractivity contribution in [3.63, 3.8) is 0 Å². The van der Waals surface area contributed by atoms with Gasteiger partial charge in [-0.2, -0.15) is 0 Å². The van der Waals surface area contributed by atoms with Gasteiger partial charge in [0, 0.05) is 12.6 Å². The Morgan fingerprint density at radius 1 is 1.21 bits per heavy atom. The fourth-order valence-electron chi connectivity index (χ4n) is 3.37. The van der Waals surface area contributed by atoms with Gasteiger partial charge in [-0.3, -0.25) is 9.69 Å². The molecule has 2 atom stereocenters. The fourth-order valence-corrected chi connectivity index (χ4v) is 3.37. The van der Waals surface area contributed by atoms with Gasteiger partial charge in [0.25, 0.3) is 0 Å². The predicted octanol–water partition coefficient (Wildman–Crippen LogP) is 2.83. The molecule has 24 heavy (non-hydrogen) atoms. The quantitative estimate of drug-likeness (QED) is 0.833. The van der Waals surface area contributed by atoms with Crippen LogP contribution in [0.5, 0.6) is 11.5 Å². The van der Waals surface area contributed by atoms with Crippen molar-refractivity contribution in [2.45, 2.75) is 45.2 Å². The molecule has 5 nitrogen and oxygen atoms in total. The molecular formula is C19H30N2O3. The van der Waals surface area contributed by atoms with Gasteiger partial charge in [0.1, 0.15) is 0 Å². The summed E-state index contributed by atoms with van der Waals surface area (Å²) in [6, 6.07) is 6.18. The monoisotopic (exact) mass is 334 g/mol. The molecule has 134 valence electrons. The van der Waals surface area contributed by atoms with E-state index in [1.807, 2.05) is 30.1 Å². The summed E-state index contributed by atoms with van der Waals surface area (Å²) in [6.07, 6.45) is 4.82. The highest BCUT2D eigenvalue weighted by Gasteiger charge is 2.23. The van der Waals surface area contributed by atoms with Crippen molar-refractivity contribution in [3.05, 3.63) is 23.8 Å². The number of amides is 1. The molecule has 1 aliphatic rings. The summed E-state index contributed by atoms with van der Waals surface area (Å²) >= 11 is 0. The van der Waals surface area contributed by atoms with Gasteiger partial charge in [0.15, 0.2) is 11.5 Å². The summed E-state index contributed by atoms with van der Waals surface area (Å²) in [4.78, 5) is 14.3. The highest BCUT2D eigenvalue weighted by atomic mass is 16.5. The molecule has 0 spiro atoms. The molecule has 1 aliphatic carbocycles. The van der Waals surface area contributed by atoms with E-state index in [1.54, 1.807) is 14.2 Å². The molecule has 0 radical (unpaired) electrons. The molecule has 1 saturated carbocycles. The van der Waals surface area contributed by atoms with Crippen molar-refractivity contribution in [1.82, 2.24) is 10.2 Å². The Balaban J connectivity index is 1.86. The number of methoxy groups -OCH3 is 2. The van der Waals surface area contributed by atoms with Gasteiger partial charge in [-0.1, -0.05) is 25.8 Å². The van der Waals surface area contributed by atoms with Gasteiger partial charge in [-0.15, -0.1) is 0 Å². The minimum Gasteiger partial charge on any atom is -0.493 e. The fraction of sp³-hybridized carbons (Fsp3) is 0.632. The van der Waals surface area contributed by atoms with Crippen LogP contribution >= 0.6 is 0 Å². The molecule has 1 aromatic rings. The number of carbonyl (C=O) groups is 1. The summed E-state index contributed by atoms with van der Waals surface area (Å²) in [5.41, 5.74) is 1.09. The summed E-state index contributed by atoms with van der Waals surface area (Å²) in [7, 11) is 5.21. The van der Waals surface area contributed by atoms with E-state index in [-0.39, 0.29) is 5.91 Å². The smallest absolute Gasteiger partial charge is 0.234 e. The molecule has 0 unspecified atom stereocenters. The second-order valence-corrected chi connectivity index (χ2v) is 6.80. The average Bonchev–Trinajstić information content (AvgIpc) is 2.56. The molecule has 1 aromatic carbocycles. The van der Waals surface area contributed by atoms with Crippen molar-refractivity contribution in [1.29, 1.82) is 0 Å². The van der Waals surface area contributed by atoms with Crippen LogP contribution in [-0.2, 0) is 11.3 Å². The van der Waals surface area contributed by atoms with Crippen LogP contribution in [0.4, 0.5) is 0 Å². The first-order valence-corrected chi connectivity index (χ1v) is 8.72. The van der Waals surface area contributed by atoms with Crippen LogP contribution in [0.3, 0.4) is 0 Å². The van der Waals surface area contributed by atoms with E-state index in [0.717, 1.165) is 12.0 Å². The molecular weight excluding hydrogens is 304 g/mol. The van der Waals surface area contributed by atoms with Crippen molar-refractivity contribution < 1.29 is 14.3 Å². The number of ether oxygens (including phenoxy) is 2. The Hall–Kier alpha value is -1.75. The third-order valence-electron chi connectivity index (χ3n) is 4.77. The lowest BCUT2D eigenvalue weighted by molar-refractivity contribution is -0.123. The molecule has 1 N–H and O–H groups in total. The van der Waals surface area contributed by atoms with Crippen LogP contribution in [0.15, 0.2) is 18.2 Å². The average molecular weight is 334 g/mol. The minimum atomic E-state index is 0.108. The lowest BCUT2D eigenvalue weighted by Crippen LogP contribution is -2.44. The molecule has 2 rings (SSSR count). The maximum atomic E-state index is 12.3. The van der Waals surface area contributed by atoms with Crippen LogP contribution < -0.4 is 14.8 Å². The number of likely N-dealkylation sites (N-methyl/N-ethyl adjacent to an activating group) is 1. The molecule has 5 heteroatoms. The van der Waals surface area contributed by atoms with E-state index >= 15 is 0 Å². The van der Waals surface area contributed by atoms with Crippen molar-refractivity contribution >= 4 is 5.91 Å². The molecule has 0 heterocycles.